The number of nitrogens with zero attached hydrogens (tertiary/aromatic N) is 4. The average molecular weight is 314 g/mol. The summed E-state index contributed by atoms with van der Waals surface area (Å²) in [7, 11) is 0. The fourth-order valence-electron chi connectivity index (χ4n) is 3.02. The normalized spacial score (nSPS) is 17.6. The average Bonchev–Trinajstić information content (AvgIpc) is 3.00. The van der Waals surface area contributed by atoms with E-state index in [1.165, 1.54) is 0 Å². The quantitative estimate of drug-likeness (QED) is 0.807. The Morgan fingerprint density at radius 3 is 3.23 bits per heavy atom. The Morgan fingerprint density at radius 1 is 1.32 bits per heavy atom. The van der Waals surface area contributed by atoms with Crippen LogP contribution in [0.15, 0.2) is 36.8 Å². The van der Waals surface area contributed by atoms with Crippen LogP contribution in [0.4, 0.5) is 0 Å². The van der Waals surface area contributed by atoms with Gasteiger partial charge in [-0.2, -0.15) is 5.10 Å². The summed E-state index contributed by atoms with van der Waals surface area (Å²) in [6.45, 7) is 1.62. The van der Waals surface area contributed by atoms with E-state index in [4.69, 9.17) is 11.6 Å². The second-order valence-electron chi connectivity index (χ2n) is 5.61. The van der Waals surface area contributed by atoms with Gasteiger partial charge >= 0.3 is 0 Å². The molecule has 6 heteroatoms. The molecule has 0 unspecified atom stereocenters. The molecule has 0 spiro atoms. The maximum atomic E-state index is 6.22. The number of hydrogen-bond donors (Lipinski definition) is 1. The van der Waals surface area contributed by atoms with Crippen LogP contribution in [0.1, 0.15) is 17.8 Å². The van der Waals surface area contributed by atoms with Crippen LogP contribution in [0.2, 0.25) is 5.02 Å². The molecule has 1 aliphatic heterocycles. The van der Waals surface area contributed by atoms with Crippen molar-refractivity contribution >= 4 is 22.5 Å². The summed E-state index contributed by atoms with van der Waals surface area (Å²) in [6, 6.07) is 8.32. The minimum Gasteiger partial charge on any atom is -0.308 e. The summed E-state index contributed by atoms with van der Waals surface area (Å²) in [5, 5.41) is 9.69. The molecule has 22 heavy (non-hydrogen) atoms. The predicted molar refractivity (Wildman–Crippen MR) is 85.7 cm³/mol. The van der Waals surface area contributed by atoms with Crippen LogP contribution in [-0.4, -0.2) is 25.8 Å². The lowest BCUT2D eigenvalue weighted by Crippen LogP contribution is -2.37. The first-order valence-corrected chi connectivity index (χ1v) is 7.80. The molecule has 4 rings (SSSR count). The van der Waals surface area contributed by atoms with Gasteiger partial charge in [0.15, 0.2) is 0 Å². The number of pyridine rings is 1. The number of fused-ring (bicyclic) bond motifs is 2. The molecule has 1 aliphatic rings. The standard InChI is InChI=1S/C16H16ClN5/c17-13-6-11-2-1-5-18-16(11)12(7-13)8-19-14-3-4-15-20-10-21-22(15)9-14/h1-2,5-7,10,14,19H,3-4,8-9H2/t14-/m1/s1. The topological polar surface area (TPSA) is 55.6 Å². The van der Waals surface area contributed by atoms with Crippen LogP contribution >= 0.6 is 11.6 Å². The second-order valence-corrected chi connectivity index (χ2v) is 6.05. The Balaban J connectivity index is 1.53. The molecule has 2 aromatic heterocycles. The van der Waals surface area contributed by atoms with Crippen molar-refractivity contribution < 1.29 is 0 Å². The SMILES string of the molecule is Clc1cc(CN[C@@H]2CCc3ncnn3C2)c2ncccc2c1. The number of aryl methyl sites for hydroxylation is 1. The smallest absolute Gasteiger partial charge is 0.138 e. The summed E-state index contributed by atoms with van der Waals surface area (Å²) in [5.74, 6) is 1.08. The number of halogens is 1. The first-order valence-electron chi connectivity index (χ1n) is 7.43. The van der Waals surface area contributed by atoms with E-state index in [1.54, 1.807) is 6.33 Å². The van der Waals surface area contributed by atoms with Gasteiger partial charge in [0.1, 0.15) is 12.2 Å². The van der Waals surface area contributed by atoms with Gasteiger partial charge in [-0.25, -0.2) is 9.67 Å². The van der Waals surface area contributed by atoms with Gasteiger partial charge in [-0.1, -0.05) is 17.7 Å². The zero-order valence-electron chi connectivity index (χ0n) is 12.0. The first kappa shape index (κ1) is 13.7. The Kier molecular flexibility index (Phi) is 3.52. The molecule has 0 amide bonds. The van der Waals surface area contributed by atoms with E-state index >= 15 is 0 Å². The molecule has 3 heterocycles. The highest BCUT2D eigenvalue weighted by molar-refractivity contribution is 6.31. The summed E-state index contributed by atoms with van der Waals surface area (Å²) in [5.41, 5.74) is 2.14. The van der Waals surface area contributed by atoms with Gasteiger partial charge in [-0.05, 0) is 30.2 Å². The lowest BCUT2D eigenvalue weighted by atomic mass is 10.1. The fourth-order valence-corrected chi connectivity index (χ4v) is 3.27. The van der Waals surface area contributed by atoms with E-state index in [2.05, 4.69) is 20.4 Å². The lowest BCUT2D eigenvalue weighted by Gasteiger charge is -2.24. The highest BCUT2D eigenvalue weighted by Crippen LogP contribution is 2.22. The molecule has 0 bridgehead atoms. The highest BCUT2D eigenvalue weighted by Gasteiger charge is 2.19. The van der Waals surface area contributed by atoms with Crippen LogP contribution in [0.3, 0.4) is 0 Å². The molecule has 0 radical (unpaired) electrons. The van der Waals surface area contributed by atoms with Crippen molar-refractivity contribution in [3.63, 3.8) is 0 Å². The van der Waals surface area contributed by atoms with Crippen molar-refractivity contribution in [2.75, 3.05) is 0 Å². The molecular weight excluding hydrogens is 298 g/mol. The second kappa shape index (κ2) is 5.66. The summed E-state index contributed by atoms with van der Waals surface area (Å²) < 4.78 is 1.98. The fraction of sp³-hybridized carbons (Fsp3) is 0.312. The van der Waals surface area contributed by atoms with E-state index < -0.39 is 0 Å². The molecule has 0 aliphatic carbocycles. The van der Waals surface area contributed by atoms with Gasteiger partial charge in [-0.15, -0.1) is 0 Å². The minimum atomic E-state index is 0.395. The molecule has 1 atom stereocenters. The number of hydrogen-bond acceptors (Lipinski definition) is 4. The largest absolute Gasteiger partial charge is 0.308 e. The van der Waals surface area contributed by atoms with E-state index in [0.717, 1.165) is 53.2 Å². The number of benzene rings is 1. The molecule has 0 saturated carbocycles. The highest BCUT2D eigenvalue weighted by atomic mass is 35.5. The number of aromatic nitrogens is 4. The molecule has 5 nitrogen and oxygen atoms in total. The van der Waals surface area contributed by atoms with E-state index in [0.29, 0.717) is 6.04 Å². The molecule has 3 aromatic rings. The van der Waals surface area contributed by atoms with E-state index in [9.17, 15) is 0 Å². The third-order valence-electron chi connectivity index (χ3n) is 4.14. The summed E-state index contributed by atoms with van der Waals surface area (Å²) in [4.78, 5) is 8.75. The van der Waals surface area contributed by atoms with Gasteiger partial charge in [0.2, 0.25) is 0 Å². The van der Waals surface area contributed by atoms with E-state index in [-0.39, 0.29) is 0 Å². The number of nitrogens with one attached hydrogen (secondary N) is 1. The Morgan fingerprint density at radius 2 is 2.27 bits per heavy atom. The van der Waals surface area contributed by atoms with Gasteiger partial charge in [0.05, 0.1) is 12.1 Å². The van der Waals surface area contributed by atoms with Crippen molar-refractivity contribution in [2.24, 2.45) is 0 Å². The lowest BCUT2D eigenvalue weighted by molar-refractivity contribution is 0.358. The van der Waals surface area contributed by atoms with Crippen molar-refractivity contribution in [1.29, 1.82) is 0 Å². The van der Waals surface area contributed by atoms with Gasteiger partial charge in [0, 0.05) is 35.6 Å². The van der Waals surface area contributed by atoms with Gasteiger partial charge in [-0.3, -0.25) is 4.98 Å². The van der Waals surface area contributed by atoms with Crippen LogP contribution in [0, 0.1) is 0 Å². The van der Waals surface area contributed by atoms with Crippen LogP contribution in [-0.2, 0) is 19.5 Å². The molecule has 1 N–H and O–H groups in total. The number of rotatable bonds is 3. The maximum Gasteiger partial charge on any atom is 0.138 e. The summed E-state index contributed by atoms with van der Waals surface area (Å²) in [6.07, 6.45) is 5.49. The summed E-state index contributed by atoms with van der Waals surface area (Å²) >= 11 is 6.22. The van der Waals surface area contributed by atoms with Crippen LogP contribution < -0.4 is 5.32 Å². The third kappa shape index (κ3) is 2.58. The molecule has 0 saturated heterocycles. The van der Waals surface area contributed by atoms with Crippen molar-refractivity contribution in [2.45, 2.75) is 32.0 Å². The van der Waals surface area contributed by atoms with Gasteiger partial charge in [0.25, 0.3) is 0 Å². The third-order valence-corrected chi connectivity index (χ3v) is 4.35. The Labute approximate surface area is 133 Å². The Hall–Kier alpha value is -1.98. The van der Waals surface area contributed by atoms with Crippen molar-refractivity contribution in [1.82, 2.24) is 25.1 Å². The van der Waals surface area contributed by atoms with Gasteiger partial charge < -0.3 is 5.32 Å². The van der Waals surface area contributed by atoms with Crippen LogP contribution in [0.25, 0.3) is 10.9 Å². The monoisotopic (exact) mass is 313 g/mol. The minimum absolute atomic E-state index is 0.395. The molecule has 112 valence electrons. The molecule has 0 fully saturated rings. The zero-order chi connectivity index (χ0) is 14.9. The Bertz CT molecular complexity index is 813. The predicted octanol–water partition coefficient (Wildman–Crippen LogP) is 2.58. The molecule has 1 aromatic carbocycles. The van der Waals surface area contributed by atoms with Crippen molar-refractivity contribution in [3.8, 4) is 0 Å². The van der Waals surface area contributed by atoms with Crippen molar-refractivity contribution in [3.05, 3.63) is 53.2 Å². The zero-order valence-corrected chi connectivity index (χ0v) is 12.8. The van der Waals surface area contributed by atoms with E-state index in [1.807, 2.05) is 35.1 Å². The first-order chi connectivity index (χ1) is 10.8. The van der Waals surface area contributed by atoms with Crippen LogP contribution in [0.5, 0.6) is 0 Å². The maximum absolute atomic E-state index is 6.22. The molecular formula is C16H16ClN5.